The van der Waals surface area contributed by atoms with Crippen molar-refractivity contribution < 1.29 is 17.9 Å². The number of benzene rings is 1. The first-order chi connectivity index (χ1) is 6.48. The molecule has 0 spiro atoms. The smallest absolute Gasteiger partial charge is 0.416 e. The molecule has 0 saturated heterocycles. The van der Waals surface area contributed by atoms with Gasteiger partial charge >= 0.3 is 6.18 Å². The lowest BCUT2D eigenvalue weighted by molar-refractivity contribution is -0.137. The van der Waals surface area contributed by atoms with Gasteiger partial charge in [-0.05, 0) is 18.2 Å². The Morgan fingerprint density at radius 1 is 1.33 bits per heavy atom. The van der Waals surface area contributed by atoms with Gasteiger partial charge in [0.25, 0.3) is 0 Å². The topological polar surface area (TPSA) is 35.2 Å². The molecule has 0 aromatic heterocycles. The van der Waals surface area contributed by atoms with E-state index >= 15 is 0 Å². The number of hydrogen-bond donors (Lipinski definition) is 1. The van der Waals surface area contributed by atoms with E-state index in [1.165, 1.54) is 6.07 Å². The second kappa shape index (κ2) is 3.90. The molecule has 0 unspecified atom stereocenters. The van der Waals surface area contributed by atoms with E-state index in [2.05, 4.69) is 0 Å². The zero-order valence-electron chi connectivity index (χ0n) is 7.54. The van der Waals surface area contributed by atoms with Gasteiger partial charge in [-0.25, -0.2) is 0 Å². The Morgan fingerprint density at radius 2 is 2.00 bits per heavy atom. The summed E-state index contributed by atoms with van der Waals surface area (Å²) in [5.41, 5.74) is 5.31. The molecule has 84 valence electrons. The molecule has 0 fully saturated rings. The maximum absolute atomic E-state index is 12.3. The van der Waals surface area contributed by atoms with E-state index in [4.69, 9.17) is 10.5 Å². The molecule has 1 aliphatic rings. The summed E-state index contributed by atoms with van der Waals surface area (Å²) in [6.45, 7) is 0.247. The highest BCUT2D eigenvalue weighted by Gasteiger charge is 2.33. The number of hydrogen-bond acceptors (Lipinski definition) is 2. The molecule has 2 N–H and O–H groups in total. The van der Waals surface area contributed by atoms with Gasteiger partial charge in [0.15, 0.2) is 0 Å². The summed E-state index contributed by atoms with van der Waals surface area (Å²) in [7, 11) is 0. The molecule has 1 atom stereocenters. The fourth-order valence-corrected chi connectivity index (χ4v) is 1.42. The third kappa shape index (κ3) is 2.18. The van der Waals surface area contributed by atoms with Crippen molar-refractivity contribution in [1.29, 1.82) is 0 Å². The summed E-state index contributed by atoms with van der Waals surface area (Å²) in [5.74, 6) is 0.450. The Kier molecular flexibility index (Phi) is 3.16. The maximum atomic E-state index is 12.3. The third-order valence-electron chi connectivity index (χ3n) is 2.15. The molecule has 1 heterocycles. The summed E-state index contributed by atoms with van der Waals surface area (Å²) in [6, 6.07) is 2.90. The lowest BCUT2D eigenvalue weighted by Gasteiger charge is -2.08. The minimum Gasteiger partial charge on any atom is -0.491 e. The van der Waals surface area contributed by atoms with Crippen molar-refractivity contribution in [3.8, 4) is 5.75 Å². The Balaban J connectivity index is 0.00000112. The van der Waals surface area contributed by atoms with E-state index in [1.807, 2.05) is 0 Å². The quantitative estimate of drug-likeness (QED) is 0.755. The Bertz CT molecular complexity index is 367. The second-order valence-electron chi connectivity index (χ2n) is 3.17. The summed E-state index contributed by atoms with van der Waals surface area (Å²) in [5, 5.41) is 0. The van der Waals surface area contributed by atoms with E-state index < -0.39 is 17.8 Å². The predicted octanol–water partition coefficient (Wildman–Crippen LogP) is 2.52. The van der Waals surface area contributed by atoms with Crippen molar-refractivity contribution >= 4 is 12.4 Å². The number of alkyl halides is 3. The normalized spacial score (nSPS) is 19.1. The molecule has 1 aromatic rings. The molecule has 1 aliphatic heterocycles. The fourth-order valence-electron chi connectivity index (χ4n) is 1.42. The van der Waals surface area contributed by atoms with Crippen LogP contribution in [0.2, 0.25) is 0 Å². The predicted molar refractivity (Wildman–Crippen MR) is 51.1 cm³/mol. The fraction of sp³-hybridized carbons (Fsp3) is 0.333. The number of ether oxygens (including phenoxy) is 1. The Morgan fingerprint density at radius 3 is 2.60 bits per heavy atom. The van der Waals surface area contributed by atoms with Crippen molar-refractivity contribution in [3.05, 3.63) is 29.3 Å². The molecule has 0 aliphatic carbocycles. The largest absolute Gasteiger partial charge is 0.491 e. The number of nitrogens with two attached hydrogens (primary N) is 1. The van der Waals surface area contributed by atoms with E-state index in [-0.39, 0.29) is 19.0 Å². The Labute approximate surface area is 90.6 Å². The van der Waals surface area contributed by atoms with Crippen LogP contribution in [0, 0.1) is 0 Å². The van der Waals surface area contributed by atoms with E-state index in [1.54, 1.807) is 0 Å². The number of rotatable bonds is 0. The molecule has 0 bridgehead atoms. The first kappa shape index (κ1) is 12.1. The number of halogens is 4. The molecule has 2 nitrogen and oxygen atoms in total. The van der Waals surface area contributed by atoms with Crippen molar-refractivity contribution in [3.63, 3.8) is 0 Å². The summed E-state index contributed by atoms with van der Waals surface area (Å²) in [4.78, 5) is 0. The highest BCUT2D eigenvalue weighted by Crippen LogP contribution is 2.37. The second-order valence-corrected chi connectivity index (χ2v) is 3.17. The molecule has 15 heavy (non-hydrogen) atoms. The van der Waals surface area contributed by atoms with Crippen LogP contribution in [-0.2, 0) is 6.18 Å². The molecule has 2 rings (SSSR count). The van der Waals surface area contributed by atoms with Crippen molar-refractivity contribution in [2.24, 2.45) is 5.73 Å². The molecule has 0 radical (unpaired) electrons. The summed E-state index contributed by atoms with van der Waals surface area (Å²) in [6.07, 6.45) is -4.32. The molecule has 0 saturated carbocycles. The molecular weight excluding hydrogens is 231 g/mol. The van der Waals surface area contributed by atoms with Crippen LogP contribution in [-0.4, -0.2) is 6.61 Å². The van der Waals surface area contributed by atoms with Crippen LogP contribution in [0.4, 0.5) is 13.2 Å². The standard InChI is InChI=1S/C9H8F3NO.ClH/c10-9(11,12)5-1-2-8-6(3-5)7(13)4-14-8;/h1-3,7H,4,13H2;1H/t7-;/m1./s1. The highest BCUT2D eigenvalue weighted by molar-refractivity contribution is 5.85. The monoisotopic (exact) mass is 239 g/mol. The zero-order valence-corrected chi connectivity index (χ0v) is 8.36. The lowest BCUT2D eigenvalue weighted by atomic mass is 10.1. The maximum Gasteiger partial charge on any atom is 0.416 e. The van der Waals surface area contributed by atoms with Crippen molar-refractivity contribution in [2.45, 2.75) is 12.2 Å². The zero-order chi connectivity index (χ0) is 10.3. The first-order valence-corrected chi connectivity index (χ1v) is 4.08. The van der Waals surface area contributed by atoms with Crippen molar-refractivity contribution in [1.82, 2.24) is 0 Å². The molecule has 1 aromatic carbocycles. The van der Waals surface area contributed by atoms with Gasteiger partial charge in [-0.3, -0.25) is 0 Å². The van der Waals surface area contributed by atoms with Gasteiger partial charge in [0, 0.05) is 5.56 Å². The molecule has 0 amide bonds. The van der Waals surface area contributed by atoms with E-state index in [9.17, 15) is 13.2 Å². The van der Waals surface area contributed by atoms with Crippen LogP contribution in [0.15, 0.2) is 18.2 Å². The van der Waals surface area contributed by atoms with Gasteiger partial charge in [0.05, 0.1) is 11.6 Å². The van der Waals surface area contributed by atoms with Crippen LogP contribution < -0.4 is 10.5 Å². The van der Waals surface area contributed by atoms with Crippen LogP contribution in [0.3, 0.4) is 0 Å². The van der Waals surface area contributed by atoms with Crippen LogP contribution >= 0.6 is 12.4 Å². The average molecular weight is 240 g/mol. The van der Waals surface area contributed by atoms with Gasteiger partial charge in [-0.1, -0.05) is 0 Å². The number of fused-ring (bicyclic) bond motifs is 1. The van der Waals surface area contributed by atoms with Gasteiger partial charge in [-0.15, -0.1) is 12.4 Å². The van der Waals surface area contributed by atoms with Gasteiger partial charge in [0.2, 0.25) is 0 Å². The minimum atomic E-state index is -4.32. The highest BCUT2D eigenvalue weighted by atomic mass is 35.5. The summed E-state index contributed by atoms with van der Waals surface area (Å²) >= 11 is 0. The summed E-state index contributed by atoms with van der Waals surface area (Å²) < 4.78 is 42.0. The van der Waals surface area contributed by atoms with Gasteiger partial charge < -0.3 is 10.5 Å². The van der Waals surface area contributed by atoms with Gasteiger partial charge in [-0.2, -0.15) is 13.2 Å². The van der Waals surface area contributed by atoms with Crippen molar-refractivity contribution in [2.75, 3.05) is 6.61 Å². The van der Waals surface area contributed by atoms with E-state index in [0.29, 0.717) is 11.3 Å². The molecular formula is C9H9ClF3NO. The lowest BCUT2D eigenvalue weighted by Crippen LogP contribution is -2.12. The first-order valence-electron chi connectivity index (χ1n) is 4.08. The molecule has 6 heteroatoms. The van der Waals surface area contributed by atoms with E-state index in [0.717, 1.165) is 12.1 Å². The van der Waals surface area contributed by atoms with Crippen LogP contribution in [0.5, 0.6) is 5.75 Å². The van der Waals surface area contributed by atoms with Crippen LogP contribution in [0.25, 0.3) is 0 Å². The van der Waals surface area contributed by atoms with Crippen LogP contribution in [0.1, 0.15) is 17.2 Å². The Hall–Kier alpha value is -0.940. The van der Waals surface area contributed by atoms with Gasteiger partial charge in [0.1, 0.15) is 12.4 Å². The minimum absolute atomic E-state index is 0. The SMILES string of the molecule is Cl.N[C@@H]1COc2ccc(C(F)(F)F)cc21. The average Bonchev–Trinajstić information content (AvgIpc) is 2.46. The third-order valence-corrected chi connectivity index (χ3v) is 2.15.